The number of hydrogen-bond acceptors (Lipinski definition) is 17. The standard InChI is InChI=1S/C35H41NO13.C4H7NO5/c1-34-13-12-23(37)17-22(34)8-9-24-25-19-46-32(35(25,2)18-26(38)31(24)34)27(39)20-47-33(41)49-28-10-6-21(16-29(28)44-3)7-11-30(40)45-14-4-5-15-48-36(42)43;6-4(7)2-1-3-10-5(8)9/h6-7,10-13,16-17,24-26,31-32,38H,4-5,8-9,14-15,18-20H2,1-3H3;1-3H2,(H,6,7)/b11-7+;. The largest absolute Gasteiger partial charge is 0.514 e. The molecular weight excluding hydrogens is 784 g/mol. The summed E-state index contributed by atoms with van der Waals surface area (Å²) in [7, 11) is 1.37. The molecule has 3 fully saturated rings. The highest BCUT2D eigenvalue weighted by Gasteiger charge is 2.63. The van der Waals surface area contributed by atoms with Gasteiger partial charge in [-0.15, -0.1) is 20.2 Å². The van der Waals surface area contributed by atoms with Gasteiger partial charge in [-0.1, -0.05) is 31.6 Å². The average molecular weight is 833 g/mol. The van der Waals surface area contributed by atoms with Crippen molar-refractivity contribution in [2.24, 2.45) is 28.6 Å². The number of rotatable bonds is 18. The fraction of sp³-hybridized carbons (Fsp3) is 0.564. The number of benzene rings is 1. The van der Waals surface area contributed by atoms with Crippen molar-refractivity contribution in [1.82, 2.24) is 0 Å². The molecule has 1 saturated heterocycles. The zero-order chi connectivity index (χ0) is 43.3. The highest BCUT2D eigenvalue weighted by atomic mass is 17.0. The molecule has 1 heterocycles. The Balaban J connectivity index is 0.000000680. The van der Waals surface area contributed by atoms with Gasteiger partial charge in [0.15, 0.2) is 29.7 Å². The summed E-state index contributed by atoms with van der Waals surface area (Å²) in [5.41, 5.74) is 0.479. The predicted molar refractivity (Wildman–Crippen MR) is 200 cm³/mol. The second-order valence-corrected chi connectivity index (χ2v) is 14.8. The summed E-state index contributed by atoms with van der Waals surface area (Å²) in [5, 5.41) is 37.3. The molecular formula is C39H48N2O18. The number of unbranched alkanes of at least 4 members (excludes halogenated alkanes) is 1. The van der Waals surface area contributed by atoms with Crippen molar-refractivity contribution < 1.29 is 77.7 Å². The predicted octanol–water partition coefficient (Wildman–Crippen LogP) is 4.27. The number of hydrogen-bond donors (Lipinski definition) is 2. The first-order valence-electron chi connectivity index (χ1n) is 18.9. The maximum absolute atomic E-state index is 13.4. The molecule has 2 N–H and O–H groups in total. The summed E-state index contributed by atoms with van der Waals surface area (Å²) in [4.78, 5) is 87.5. The van der Waals surface area contributed by atoms with Gasteiger partial charge in [-0.2, -0.15) is 0 Å². The molecule has 5 rings (SSSR count). The van der Waals surface area contributed by atoms with E-state index in [1.807, 2.05) is 13.0 Å². The minimum absolute atomic E-state index is 0.00708. The van der Waals surface area contributed by atoms with E-state index in [2.05, 4.69) is 16.6 Å². The second-order valence-electron chi connectivity index (χ2n) is 14.8. The van der Waals surface area contributed by atoms with Gasteiger partial charge in [0.1, 0.15) is 6.10 Å². The number of ether oxygens (including phenoxy) is 5. The Morgan fingerprint density at radius 2 is 1.69 bits per heavy atom. The molecule has 0 spiro atoms. The van der Waals surface area contributed by atoms with Crippen LogP contribution in [0.25, 0.3) is 6.08 Å². The zero-order valence-electron chi connectivity index (χ0n) is 32.8. The van der Waals surface area contributed by atoms with Gasteiger partial charge in [-0.3, -0.25) is 14.4 Å². The third-order valence-corrected chi connectivity index (χ3v) is 11.1. The molecule has 1 aromatic rings. The molecule has 20 heteroatoms. The van der Waals surface area contributed by atoms with Crippen molar-refractivity contribution in [3.05, 3.63) is 73.9 Å². The Morgan fingerprint density at radius 1 is 1.00 bits per heavy atom. The molecule has 7 unspecified atom stereocenters. The highest BCUT2D eigenvalue weighted by Crippen LogP contribution is 2.63. The SMILES string of the molecule is COc1cc(/C=C/C(=O)OCCCCO[N+](=O)[O-])ccc1OC(=O)OCC(=O)C1OCC2C3CCC4=CC(=O)C=CC4(C)C3C(O)CC12C.O=C(O)CCCO[N+](=O)[O-]. The number of methoxy groups -OCH3 is 1. The van der Waals surface area contributed by atoms with Crippen LogP contribution in [-0.2, 0) is 43.1 Å². The summed E-state index contributed by atoms with van der Waals surface area (Å²) in [6.45, 7) is 3.63. The number of carbonyl (C=O) groups is 5. The van der Waals surface area contributed by atoms with E-state index in [0.717, 1.165) is 18.4 Å². The van der Waals surface area contributed by atoms with Crippen LogP contribution in [0.1, 0.15) is 64.4 Å². The topological polar surface area (TPSA) is 277 Å². The summed E-state index contributed by atoms with van der Waals surface area (Å²) < 4.78 is 26.9. The number of carboxylic acid groups (broad SMARTS) is 1. The lowest BCUT2D eigenvalue weighted by Gasteiger charge is -2.57. The molecule has 3 aliphatic carbocycles. The lowest BCUT2D eigenvalue weighted by atomic mass is 9.47. The molecule has 0 aromatic heterocycles. The van der Waals surface area contributed by atoms with Gasteiger partial charge in [0.05, 0.1) is 39.6 Å². The fourth-order valence-electron chi connectivity index (χ4n) is 8.46. The van der Waals surface area contributed by atoms with Gasteiger partial charge in [0.25, 0.3) is 10.2 Å². The number of fused-ring (bicyclic) bond motifs is 5. The fourth-order valence-corrected chi connectivity index (χ4v) is 8.46. The maximum atomic E-state index is 13.4. The van der Waals surface area contributed by atoms with Crippen LogP contribution in [0.3, 0.4) is 0 Å². The third-order valence-electron chi connectivity index (χ3n) is 11.1. The molecule has 0 amide bonds. The number of ketones is 2. The van der Waals surface area contributed by atoms with Gasteiger partial charge in [0.2, 0.25) is 0 Å². The van der Waals surface area contributed by atoms with Gasteiger partial charge in [-0.25, -0.2) is 9.59 Å². The Morgan fingerprint density at radius 3 is 2.37 bits per heavy atom. The van der Waals surface area contributed by atoms with Gasteiger partial charge < -0.3 is 43.6 Å². The van der Waals surface area contributed by atoms with E-state index in [-0.39, 0.29) is 67.7 Å². The molecule has 20 nitrogen and oxygen atoms in total. The molecule has 0 bridgehead atoms. The molecule has 4 aliphatic rings. The van der Waals surface area contributed by atoms with Crippen LogP contribution in [0.2, 0.25) is 0 Å². The van der Waals surface area contributed by atoms with E-state index in [4.69, 9.17) is 28.8 Å². The van der Waals surface area contributed by atoms with Crippen LogP contribution in [-0.4, -0.2) is 102 Å². The third kappa shape index (κ3) is 12.1. The molecule has 1 aliphatic heterocycles. The first-order chi connectivity index (χ1) is 28.0. The average Bonchev–Trinajstić information content (AvgIpc) is 3.53. The van der Waals surface area contributed by atoms with Crippen LogP contribution in [0.15, 0.2) is 48.1 Å². The number of Topliss-reactive ketones (excluding diaryl/α,β-unsaturated/α-hetero) is 1. The maximum Gasteiger partial charge on any atom is 0.514 e. The van der Waals surface area contributed by atoms with Crippen molar-refractivity contribution in [1.29, 1.82) is 0 Å². The number of nitrogens with zero attached hydrogens (tertiary/aromatic N) is 2. The number of aliphatic carboxylic acids is 1. The summed E-state index contributed by atoms with van der Waals surface area (Å²) in [6, 6.07) is 4.53. The Bertz CT molecular complexity index is 1830. The Kier molecular flexibility index (Phi) is 16.1. The number of aliphatic hydroxyl groups excluding tert-OH is 1. The van der Waals surface area contributed by atoms with Crippen LogP contribution < -0.4 is 9.47 Å². The van der Waals surface area contributed by atoms with Crippen LogP contribution in [0, 0.1) is 48.8 Å². The Hall–Kier alpha value is -5.89. The molecule has 1 aromatic carbocycles. The molecule has 59 heavy (non-hydrogen) atoms. The first-order valence-corrected chi connectivity index (χ1v) is 18.9. The number of aliphatic hydroxyl groups is 1. The highest BCUT2D eigenvalue weighted by molar-refractivity contribution is 6.01. The van der Waals surface area contributed by atoms with Crippen LogP contribution >= 0.6 is 0 Å². The molecule has 2 saturated carbocycles. The monoisotopic (exact) mass is 832 g/mol. The normalized spacial score (nSPS) is 26.4. The zero-order valence-corrected chi connectivity index (χ0v) is 32.8. The van der Waals surface area contributed by atoms with Crippen molar-refractivity contribution in [3.63, 3.8) is 0 Å². The van der Waals surface area contributed by atoms with E-state index in [1.54, 1.807) is 18.2 Å². The number of carbonyl (C=O) groups excluding carboxylic acids is 4. The van der Waals surface area contributed by atoms with E-state index < -0.39 is 63.7 Å². The minimum atomic E-state index is -1.12. The van der Waals surface area contributed by atoms with Gasteiger partial charge >= 0.3 is 18.1 Å². The first kappa shape index (κ1) is 45.8. The van der Waals surface area contributed by atoms with E-state index in [1.165, 1.54) is 31.4 Å². The summed E-state index contributed by atoms with van der Waals surface area (Å²) in [5.74, 6) is -1.87. The van der Waals surface area contributed by atoms with E-state index in [9.17, 15) is 49.3 Å². The van der Waals surface area contributed by atoms with Gasteiger partial charge in [0, 0.05) is 29.2 Å². The molecule has 0 radical (unpaired) electrons. The lowest BCUT2D eigenvalue weighted by Crippen LogP contribution is -2.58. The molecule has 322 valence electrons. The second kappa shape index (κ2) is 20.7. The number of esters is 1. The van der Waals surface area contributed by atoms with Crippen LogP contribution in [0.4, 0.5) is 4.79 Å². The Labute approximate surface area is 338 Å². The lowest BCUT2D eigenvalue weighted by molar-refractivity contribution is -0.757. The minimum Gasteiger partial charge on any atom is -0.493 e. The quantitative estimate of drug-likeness (QED) is 0.0522. The number of carboxylic acids is 1. The van der Waals surface area contributed by atoms with Crippen LogP contribution in [0.5, 0.6) is 11.5 Å². The smallest absolute Gasteiger partial charge is 0.493 e. The van der Waals surface area contributed by atoms with Crippen molar-refractivity contribution in [2.75, 3.05) is 40.1 Å². The van der Waals surface area contributed by atoms with Crippen molar-refractivity contribution >= 4 is 35.7 Å². The van der Waals surface area contributed by atoms with E-state index in [0.29, 0.717) is 31.4 Å². The van der Waals surface area contributed by atoms with Crippen molar-refractivity contribution in [2.45, 2.75) is 71.0 Å². The molecule has 7 atom stereocenters. The number of allylic oxidation sites excluding steroid dienone is 4. The van der Waals surface area contributed by atoms with E-state index >= 15 is 0 Å². The van der Waals surface area contributed by atoms with Gasteiger partial charge in [-0.05, 0) is 86.3 Å². The summed E-state index contributed by atoms with van der Waals surface area (Å²) >= 11 is 0. The summed E-state index contributed by atoms with van der Waals surface area (Å²) in [6.07, 6.45) is 7.82. The van der Waals surface area contributed by atoms with Crippen molar-refractivity contribution in [3.8, 4) is 11.5 Å².